The third-order valence-corrected chi connectivity index (χ3v) is 4.24. The van der Waals surface area contributed by atoms with Crippen LogP contribution in [-0.2, 0) is 4.74 Å². The van der Waals surface area contributed by atoms with Crippen molar-refractivity contribution in [3.05, 3.63) is 22.7 Å². The summed E-state index contributed by atoms with van der Waals surface area (Å²) in [6, 6.07) is 3.56. The van der Waals surface area contributed by atoms with Crippen molar-refractivity contribution in [1.29, 1.82) is 0 Å². The number of rotatable bonds is 6. The lowest BCUT2D eigenvalue weighted by atomic mass is 10.1. The van der Waals surface area contributed by atoms with Gasteiger partial charge in [-0.3, -0.25) is 0 Å². The number of fused-ring (bicyclic) bond motifs is 1. The summed E-state index contributed by atoms with van der Waals surface area (Å²) in [4.78, 5) is -0.0974. The summed E-state index contributed by atoms with van der Waals surface area (Å²) in [7, 11) is 0. The Hall–Kier alpha value is -0.590. The van der Waals surface area contributed by atoms with Gasteiger partial charge in [-0.05, 0) is 18.1 Å². The van der Waals surface area contributed by atoms with Gasteiger partial charge in [-0.15, -0.1) is 0 Å². The number of benzene rings is 1. The Morgan fingerprint density at radius 3 is 2.57 bits per heavy atom. The fourth-order valence-electron chi connectivity index (χ4n) is 1.95. The zero-order chi connectivity index (χ0) is 15.2. The molecule has 1 heterocycles. The molecule has 0 radical (unpaired) electrons. The van der Waals surface area contributed by atoms with E-state index in [1.165, 1.54) is 0 Å². The van der Waals surface area contributed by atoms with Gasteiger partial charge in [0.05, 0.1) is 13.2 Å². The van der Waals surface area contributed by atoms with Crippen LogP contribution in [0.5, 0.6) is 11.5 Å². The molecule has 0 saturated carbocycles. The van der Waals surface area contributed by atoms with E-state index in [-0.39, 0.29) is 11.4 Å². The van der Waals surface area contributed by atoms with Crippen LogP contribution in [0.15, 0.2) is 12.1 Å². The quantitative estimate of drug-likeness (QED) is 0.529. The first-order chi connectivity index (χ1) is 10.1. The lowest BCUT2D eigenvalue weighted by molar-refractivity contribution is 0.0167. The Balaban J connectivity index is 2.00. The van der Waals surface area contributed by atoms with E-state index in [9.17, 15) is 8.78 Å². The smallest absolute Gasteiger partial charge is 0.261 e. The van der Waals surface area contributed by atoms with Gasteiger partial charge in [-0.1, -0.05) is 27.5 Å². The summed E-state index contributed by atoms with van der Waals surface area (Å²) in [6.07, 6.45) is -1.09. The van der Waals surface area contributed by atoms with Crippen molar-refractivity contribution in [1.82, 2.24) is 0 Å². The minimum Gasteiger partial charge on any atom is -0.490 e. The molecule has 0 bridgehead atoms. The third-order valence-electron chi connectivity index (χ3n) is 2.96. The minimum atomic E-state index is -2.44. The van der Waals surface area contributed by atoms with Crippen LogP contribution in [-0.4, -0.2) is 32.9 Å². The fraction of sp³-hybridized carbons (Fsp3) is 0.571. The second-order valence-electron chi connectivity index (χ2n) is 4.59. The summed E-state index contributed by atoms with van der Waals surface area (Å²) < 4.78 is 40.0. The fourth-order valence-corrected chi connectivity index (χ4v) is 2.94. The molecule has 1 aliphatic rings. The van der Waals surface area contributed by atoms with Crippen LogP contribution in [0.1, 0.15) is 23.2 Å². The van der Waals surface area contributed by atoms with Gasteiger partial charge in [0.2, 0.25) is 0 Å². The first-order valence-electron chi connectivity index (χ1n) is 6.67. The minimum absolute atomic E-state index is 0.0974. The first-order valence-corrected chi connectivity index (χ1v) is 7.96. The summed E-state index contributed by atoms with van der Waals surface area (Å²) >= 11 is 9.75. The van der Waals surface area contributed by atoms with Crippen LogP contribution in [0.25, 0.3) is 0 Å². The maximum atomic E-state index is 12.0. The molecule has 3 nitrogen and oxygen atoms in total. The largest absolute Gasteiger partial charge is 0.490 e. The van der Waals surface area contributed by atoms with Crippen molar-refractivity contribution in [2.45, 2.75) is 24.1 Å². The van der Waals surface area contributed by atoms with Crippen molar-refractivity contribution < 1.29 is 23.0 Å². The SMILES string of the molecule is FC(F)COCCC(Br)c1cc2c(cc1Cl)OCCCO2. The van der Waals surface area contributed by atoms with Gasteiger partial charge < -0.3 is 14.2 Å². The Morgan fingerprint density at radius 1 is 1.24 bits per heavy atom. The Labute approximate surface area is 135 Å². The van der Waals surface area contributed by atoms with E-state index < -0.39 is 13.0 Å². The van der Waals surface area contributed by atoms with E-state index >= 15 is 0 Å². The van der Waals surface area contributed by atoms with Crippen molar-refractivity contribution in [2.75, 3.05) is 26.4 Å². The summed E-state index contributed by atoms with van der Waals surface area (Å²) in [5, 5.41) is 0.551. The number of alkyl halides is 3. The van der Waals surface area contributed by atoms with E-state index in [2.05, 4.69) is 15.9 Å². The van der Waals surface area contributed by atoms with Crippen molar-refractivity contribution in [3.63, 3.8) is 0 Å². The number of hydrogen-bond donors (Lipinski definition) is 0. The van der Waals surface area contributed by atoms with Gasteiger partial charge in [0, 0.05) is 28.9 Å². The lowest BCUT2D eigenvalue weighted by Crippen LogP contribution is -2.07. The van der Waals surface area contributed by atoms with E-state index in [1.807, 2.05) is 6.07 Å². The van der Waals surface area contributed by atoms with Crippen LogP contribution in [0.4, 0.5) is 8.78 Å². The molecule has 0 aromatic heterocycles. The maximum Gasteiger partial charge on any atom is 0.261 e. The zero-order valence-electron chi connectivity index (χ0n) is 11.3. The summed E-state index contributed by atoms with van der Waals surface area (Å²) in [5.41, 5.74) is 0.835. The molecule has 2 rings (SSSR count). The molecule has 1 atom stereocenters. The lowest BCUT2D eigenvalue weighted by Gasteiger charge is -2.15. The molecule has 1 unspecified atom stereocenters. The molecule has 118 valence electrons. The van der Waals surface area contributed by atoms with Crippen molar-refractivity contribution >= 4 is 27.5 Å². The highest BCUT2D eigenvalue weighted by atomic mass is 79.9. The van der Waals surface area contributed by atoms with E-state index in [4.69, 9.17) is 25.8 Å². The highest BCUT2D eigenvalue weighted by Crippen LogP contribution is 2.40. The number of hydrogen-bond acceptors (Lipinski definition) is 3. The molecule has 1 aromatic rings. The van der Waals surface area contributed by atoms with Crippen LogP contribution in [0.2, 0.25) is 5.02 Å². The Bertz CT molecular complexity index is 474. The maximum absolute atomic E-state index is 12.0. The van der Waals surface area contributed by atoms with Crippen LogP contribution < -0.4 is 9.47 Å². The number of ether oxygens (including phenoxy) is 3. The molecule has 7 heteroatoms. The van der Waals surface area contributed by atoms with Gasteiger partial charge in [0.15, 0.2) is 11.5 Å². The van der Waals surface area contributed by atoms with Gasteiger partial charge in [0.25, 0.3) is 6.43 Å². The summed E-state index contributed by atoms with van der Waals surface area (Å²) in [6.45, 7) is 0.875. The third kappa shape index (κ3) is 4.97. The molecule has 0 amide bonds. The van der Waals surface area contributed by atoms with Crippen molar-refractivity contribution in [3.8, 4) is 11.5 Å². The molecular weight excluding hydrogens is 370 g/mol. The summed E-state index contributed by atoms with van der Waals surface area (Å²) in [5.74, 6) is 1.29. The molecule has 1 aliphatic heterocycles. The Kier molecular flexibility index (Phi) is 6.51. The number of halogens is 4. The molecule has 0 saturated heterocycles. The highest BCUT2D eigenvalue weighted by molar-refractivity contribution is 9.09. The first kappa shape index (κ1) is 16.8. The second kappa shape index (κ2) is 8.15. The predicted octanol–water partition coefficient (Wildman–Crippen LogP) is 4.61. The standard InChI is InChI=1S/C14H16BrClF2O3/c15-10(2-5-19-8-14(17)18)9-6-12-13(7-11(9)16)21-4-1-3-20-12/h6-7,10,14H,1-5,8H2. The van der Waals surface area contributed by atoms with E-state index in [1.54, 1.807) is 6.07 Å². The molecule has 1 aromatic carbocycles. The second-order valence-corrected chi connectivity index (χ2v) is 6.11. The molecule has 0 aliphatic carbocycles. The monoisotopic (exact) mass is 384 g/mol. The van der Waals surface area contributed by atoms with E-state index in [0.717, 1.165) is 12.0 Å². The average molecular weight is 386 g/mol. The molecular formula is C14H16BrClF2O3. The normalized spacial score (nSPS) is 15.9. The van der Waals surface area contributed by atoms with Crippen molar-refractivity contribution in [2.24, 2.45) is 0 Å². The molecule has 0 fully saturated rings. The van der Waals surface area contributed by atoms with Crippen LogP contribution in [0, 0.1) is 0 Å². The van der Waals surface area contributed by atoms with Crippen LogP contribution in [0.3, 0.4) is 0 Å². The molecule has 21 heavy (non-hydrogen) atoms. The zero-order valence-corrected chi connectivity index (χ0v) is 13.6. The van der Waals surface area contributed by atoms with Crippen LogP contribution >= 0.6 is 27.5 Å². The van der Waals surface area contributed by atoms with Gasteiger partial charge in [-0.2, -0.15) is 0 Å². The molecule has 0 N–H and O–H groups in total. The van der Waals surface area contributed by atoms with Gasteiger partial charge in [0.1, 0.15) is 6.61 Å². The van der Waals surface area contributed by atoms with E-state index in [0.29, 0.717) is 36.2 Å². The molecule has 0 spiro atoms. The van der Waals surface area contributed by atoms with Gasteiger partial charge >= 0.3 is 0 Å². The van der Waals surface area contributed by atoms with Gasteiger partial charge in [-0.25, -0.2) is 8.78 Å². The predicted molar refractivity (Wildman–Crippen MR) is 80.2 cm³/mol. The highest BCUT2D eigenvalue weighted by Gasteiger charge is 2.18. The topological polar surface area (TPSA) is 27.7 Å². The average Bonchev–Trinajstić information content (AvgIpc) is 2.67. The Morgan fingerprint density at radius 2 is 1.90 bits per heavy atom.